The summed E-state index contributed by atoms with van der Waals surface area (Å²) in [5, 5.41) is 0. The van der Waals surface area contributed by atoms with Gasteiger partial charge in [-0.15, -0.1) is 0 Å². The highest BCUT2D eigenvalue weighted by Gasteiger charge is 2.32. The molecule has 2 aromatic rings. The predicted octanol–water partition coefficient (Wildman–Crippen LogP) is 5.87. The first-order valence-electron chi connectivity index (χ1n) is 11.5. The molecule has 2 heterocycles. The molecule has 0 spiro atoms. The van der Waals surface area contributed by atoms with E-state index in [1.807, 2.05) is 12.1 Å². The molecule has 0 unspecified atom stereocenters. The molecule has 29 heavy (non-hydrogen) atoms. The largest absolute Gasteiger partial charge is 0.371 e. The Hall–Kier alpha value is -1.87. The molecular weight excluding hydrogens is 359 g/mol. The number of piperidine rings is 1. The van der Waals surface area contributed by atoms with Gasteiger partial charge in [0.15, 0.2) is 0 Å². The van der Waals surface area contributed by atoms with Crippen LogP contribution in [0.25, 0.3) is 0 Å². The lowest BCUT2D eigenvalue weighted by Crippen LogP contribution is -2.46. The number of nitrogens with zero attached hydrogens (tertiary/aromatic N) is 2. The summed E-state index contributed by atoms with van der Waals surface area (Å²) in [6.45, 7) is 8.07. The van der Waals surface area contributed by atoms with Crippen molar-refractivity contribution in [3.05, 3.63) is 65.5 Å². The van der Waals surface area contributed by atoms with Gasteiger partial charge in [-0.1, -0.05) is 50.1 Å². The zero-order valence-corrected chi connectivity index (χ0v) is 17.8. The van der Waals surface area contributed by atoms with Crippen LogP contribution in [0, 0.1) is 11.7 Å². The second kappa shape index (κ2) is 9.75. The van der Waals surface area contributed by atoms with E-state index in [4.69, 9.17) is 0 Å². The van der Waals surface area contributed by atoms with Gasteiger partial charge in [-0.3, -0.25) is 0 Å². The Kier molecular flexibility index (Phi) is 6.86. The molecule has 2 nitrogen and oxygen atoms in total. The van der Waals surface area contributed by atoms with Gasteiger partial charge in [0.25, 0.3) is 0 Å². The van der Waals surface area contributed by atoms with Crippen molar-refractivity contribution >= 4 is 5.69 Å². The maximum atomic E-state index is 13.5. The van der Waals surface area contributed by atoms with E-state index < -0.39 is 0 Å². The Labute approximate surface area is 175 Å². The van der Waals surface area contributed by atoms with Crippen LogP contribution in [0.1, 0.15) is 56.1 Å². The number of fused-ring (bicyclic) bond motifs is 1. The second-order valence-electron chi connectivity index (χ2n) is 8.89. The summed E-state index contributed by atoms with van der Waals surface area (Å²) < 4.78 is 13.5. The number of aryl methyl sites for hydroxylation is 1. The third kappa shape index (κ3) is 5.01. The Balaban J connectivity index is 1.52. The lowest BCUT2D eigenvalue weighted by atomic mass is 9.79. The molecule has 2 aromatic carbocycles. The normalized spacial score (nSPS) is 22.5. The summed E-state index contributed by atoms with van der Waals surface area (Å²) in [5.41, 5.74) is 4.24. The van der Waals surface area contributed by atoms with Crippen molar-refractivity contribution in [3.8, 4) is 0 Å². The highest BCUT2D eigenvalue weighted by Crippen LogP contribution is 2.36. The average Bonchev–Trinajstić information content (AvgIpc) is 2.75. The molecule has 0 aromatic heterocycles. The molecule has 2 aliphatic heterocycles. The van der Waals surface area contributed by atoms with Gasteiger partial charge in [0.1, 0.15) is 5.82 Å². The minimum Gasteiger partial charge on any atom is -0.371 e. The number of hydrogen-bond donors (Lipinski definition) is 0. The molecule has 0 saturated carbocycles. The summed E-state index contributed by atoms with van der Waals surface area (Å²) in [5.74, 6) is 0.973. The fraction of sp³-hybridized carbons (Fsp3) is 0.538. The van der Waals surface area contributed by atoms with Gasteiger partial charge in [-0.05, 0) is 79.9 Å². The first-order chi connectivity index (χ1) is 14.2. The van der Waals surface area contributed by atoms with Gasteiger partial charge in [0.2, 0.25) is 0 Å². The Bertz CT molecular complexity index is 773. The number of para-hydroxylation sites is 1. The maximum absolute atomic E-state index is 13.5. The number of anilines is 1. The topological polar surface area (TPSA) is 6.48 Å². The summed E-state index contributed by atoms with van der Waals surface area (Å²) in [4.78, 5) is 5.30. The minimum atomic E-state index is -0.132. The average molecular weight is 395 g/mol. The highest BCUT2D eigenvalue weighted by atomic mass is 19.1. The van der Waals surface area contributed by atoms with Crippen molar-refractivity contribution in [2.45, 2.75) is 51.4 Å². The summed E-state index contributed by atoms with van der Waals surface area (Å²) in [7, 11) is 0. The van der Waals surface area contributed by atoms with Crippen LogP contribution >= 0.6 is 0 Å². The van der Waals surface area contributed by atoms with Crippen LogP contribution in [-0.2, 0) is 6.42 Å². The number of rotatable bonds is 7. The molecular formula is C26H35FN2. The quantitative estimate of drug-likeness (QED) is 0.542. The molecule has 3 heteroatoms. The Morgan fingerprint density at radius 2 is 1.83 bits per heavy atom. The van der Waals surface area contributed by atoms with E-state index in [9.17, 15) is 4.39 Å². The molecule has 2 aliphatic rings. The molecule has 0 amide bonds. The molecule has 0 radical (unpaired) electrons. The standard InChI is InChI=1S/C26H35FN2/c1-2-3-6-16-28-18-15-25(21-11-13-24(27)14-12-21)23(19-28)20-29-17-7-9-22-8-4-5-10-26(22)29/h4-5,8,10-14,23,25H,2-3,6-7,9,15-20H2,1H3/t23-,25-/m0/s1. The SMILES string of the molecule is CCCCCN1CC[C@@H](c2ccc(F)cc2)[C@H](CN2CCCc3ccccc32)C1. The van der Waals surface area contributed by atoms with Gasteiger partial charge in [-0.2, -0.15) is 0 Å². The van der Waals surface area contributed by atoms with Crippen LogP contribution in [0.3, 0.4) is 0 Å². The second-order valence-corrected chi connectivity index (χ2v) is 8.89. The number of benzene rings is 2. The number of unbranched alkanes of at least 4 members (excludes halogenated alkanes) is 2. The maximum Gasteiger partial charge on any atom is 0.123 e. The smallest absolute Gasteiger partial charge is 0.123 e. The van der Waals surface area contributed by atoms with Crippen LogP contribution in [0.4, 0.5) is 10.1 Å². The van der Waals surface area contributed by atoms with E-state index in [1.54, 1.807) is 12.1 Å². The van der Waals surface area contributed by atoms with Crippen molar-refractivity contribution in [2.75, 3.05) is 37.6 Å². The fourth-order valence-corrected chi connectivity index (χ4v) is 5.31. The van der Waals surface area contributed by atoms with Crippen LogP contribution in [0.15, 0.2) is 48.5 Å². The third-order valence-corrected chi connectivity index (χ3v) is 6.86. The van der Waals surface area contributed by atoms with Gasteiger partial charge in [0, 0.05) is 25.3 Å². The lowest BCUT2D eigenvalue weighted by Gasteiger charge is -2.43. The molecule has 156 valence electrons. The summed E-state index contributed by atoms with van der Waals surface area (Å²) >= 11 is 0. The molecule has 1 saturated heterocycles. The molecule has 1 fully saturated rings. The Morgan fingerprint density at radius 1 is 1.00 bits per heavy atom. The zero-order valence-electron chi connectivity index (χ0n) is 17.8. The van der Waals surface area contributed by atoms with Crippen LogP contribution in [0.5, 0.6) is 0 Å². The molecule has 0 bridgehead atoms. The van der Waals surface area contributed by atoms with Crippen molar-refractivity contribution in [2.24, 2.45) is 5.92 Å². The van der Waals surface area contributed by atoms with Crippen molar-refractivity contribution in [3.63, 3.8) is 0 Å². The van der Waals surface area contributed by atoms with Crippen molar-refractivity contribution in [1.82, 2.24) is 4.90 Å². The number of likely N-dealkylation sites (tertiary alicyclic amines) is 1. The van der Waals surface area contributed by atoms with Gasteiger partial charge in [-0.25, -0.2) is 4.39 Å². The first-order valence-corrected chi connectivity index (χ1v) is 11.5. The van der Waals surface area contributed by atoms with E-state index in [-0.39, 0.29) is 5.82 Å². The van der Waals surface area contributed by atoms with E-state index in [0.717, 1.165) is 19.6 Å². The van der Waals surface area contributed by atoms with Gasteiger partial charge >= 0.3 is 0 Å². The molecule has 0 N–H and O–H groups in total. The van der Waals surface area contributed by atoms with E-state index in [0.29, 0.717) is 11.8 Å². The van der Waals surface area contributed by atoms with Crippen molar-refractivity contribution in [1.29, 1.82) is 0 Å². The summed E-state index contributed by atoms with van der Waals surface area (Å²) in [6, 6.07) is 16.2. The predicted molar refractivity (Wildman–Crippen MR) is 120 cm³/mol. The van der Waals surface area contributed by atoms with Gasteiger partial charge in [0.05, 0.1) is 0 Å². The van der Waals surface area contributed by atoms with Crippen LogP contribution in [0.2, 0.25) is 0 Å². The lowest BCUT2D eigenvalue weighted by molar-refractivity contribution is 0.153. The van der Waals surface area contributed by atoms with Crippen molar-refractivity contribution < 1.29 is 4.39 Å². The van der Waals surface area contributed by atoms with Gasteiger partial charge < -0.3 is 9.80 Å². The monoisotopic (exact) mass is 394 g/mol. The third-order valence-electron chi connectivity index (χ3n) is 6.86. The fourth-order valence-electron chi connectivity index (χ4n) is 5.31. The Morgan fingerprint density at radius 3 is 2.66 bits per heavy atom. The zero-order chi connectivity index (χ0) is 20.1. The van der Waals surface area contributed by atoms with Crippen LogP contribution < -0.4 is 4.90 Å². The molecule has 2 atom stereocenters. The van der Waals surface area contributed by atoms with E-state index >= 15 is 0 Å². The van der Waals surface area contributed by atoms with E-state index in [2.05, 4.69) is 41.0 Å². The number of hydrogen-bond acceptors (Lipinski definition) is 2. The van der Waals surface area contributed by atoms with Crippen LogP contribution in [-0.4, -0.2) is 37.6 Å². The van der Waals surface area contributed by atoms with E-state index in [1.165, 1.54) is 68.4 Å². The highest BCUT2D eigenvalue weighted by molar-refractivity contribution is 5.55. The number of halogens is 1. The minimum absolute atomic E-state index is 0.132. The molecule has 4 rings (SSSR count). The first kappa shape index (κ1) is 20.4. The summed E-state index contributed by atoms with van der Waals surface area (Å²) in [6.07, 6.45) is 7.52. The molecule has 0 aliphatic carbocycles.